The van der Waals surface area contributed by atoms with E-state index in [0.29, 0.717) is 9.92 Å². The molecule has 9 nitrogen and oxygen atoms in total. The van der Waals surface area contributed by atoms with Crippen molar-refractivity contribution in [2.24, 2.45) is 5.92 Å². The molecule has 0 radical (unpaired) electrons. The van der Waals surface area contributed by atoms with Gasteiger partial charge < -0.3 is 4.74 Å². The maximum atomic E-state index is 13.2. The number of esters is 1. The molecule has 1 heterocycles. The molecule has 0 fully saturated rings. The number of fused-ring (bicyclic) bond motifs is 1. The fraction of sp³-hybridized carbons (Fsp3) is 0.261. The Morgan fingerprint density at radius 3 is 1.84 bits per heavy atom. The molecule has 0 aromatic heterocycles. The number of hydrazine groups is 1. The van der Waals surface area contributed by atoms with E-state index in [0.717, 1.165) is 0 Å². The lowest BCUT2D eigenvalue weighted by molar-refractivity contribution is -0.153. The monoisotopic (exact) mass is 607 g/mol. The molecule has 2 aromatic carbocycles. The summed E-state index contributed by atoms with van der Waals surface area (Å²) in [4.78, 5) is 64.2. The van der Waals surface area contributed by atoms with Crippen LogP contribution in [0, 0.1) is 5.92 Å². The molecule has 2 N–H and O–H groups in total. The number of nitrogens with zero attached hydrogens (tertiary/aromatic N) is 1. The molecule has 0 unspecified atom stereocenters. The SMILES string of the molecule is CC(C)C[C@@H](C(=O)OCC(=O)NNC(=O)c1ccc(Cl)cc1)N1C(=O)c2c(Cl)c(Cl)c(Cl)c(Cl)c2C1=O. The highest BCUT2D eigenvalue weighted by Crippen LogP contribution is 2.45. The fourth-order valence-electron chi connectivity index (χ4n) is 3.47. The Bertz CT molecular complexity index is 1250. The van der Waals surface area contributed by atoms with Crippen LogP contribution in [0.1, 0.15) is 51.3 Å². The number of carbonyl (C=O) groups is 5. The maximum absolute atomic E-state index is 13.2. The first kappa shape index (κ1) is 29.0. The Hall–Kier alpha value is -2.56. The van der Waals surface area contributed by atoms with Gasteiger partial charge in [0.15, 0.2) is 6.61 Å². The Morgan fingerprint density at radius 2 is 1.35 bits per heavy atom. The van der Waals surface area contributed by atoms with Crippen molar-refractivity contribution >= 4 is 87.6 Å². The summed E-state index contributed by atoms with van der Waals surface area (Å²) in [7, 11) is 0. The third-order valence-electron chi connectivity index (χ3n) is 5.18. The van der Waals surface area contributed by atoms with Crippen LogP contribution in [0.15, 0.2) is 24.3 Å². The van der Waals surface area contributed by atoms with E-state index in [1.165, 1.54) is 24.3 Å². The summed E-state index contributed by atoms with van der Waals surface area (Å²) in [5.74, 6) is -4.53. The minimum Gasteiger partial charge on any atom is -0.454 e. The van der Waals surface area contributed by atoms with Crippen LogP contribution in [0.5, 0.6) is 0 Å². The predicted octanol–water partition coefficient (Wildman–Crippen LogP) is 4.97. The normalized spacial score (nSPS) is 13.5. The highest BCUT2D eigenvalue weighted by Gasteiger charge is 2.47. The van der Waals surface area contributed by atoms with Crippen molar-refractivity contribution in [3.63, 3.8) is 0 Å². The average Bonchev–Trinajstić information content (AvgIpc) is 3.11. The number of hydrogen-bond donors (Lipinski definition) is 2. The second-order valence-electron chi connectivity index (χ2n) is 8.25. The van der Waals surface area contributed by atoms with Gasteiger partial charge in [-0.15, -0.1) is 0 Å². The highest BCUT2D eigenvalue weighted by molar-refractivity contribution is 6.55. The van der Waals surface area contributed by atoms with E-state index in [4.69, 9.17) is 62.7 Å². The van der Waals surface area contributed by atoms with Gasteiger partial charge in [0.05, 0.1) is 31.2 Å². The predicted molar refractivity (Wildman–Crippen MR) is 138 cm³/mol. The molecule has 0 saturated heterocycles. The number of carbonyl (C=O) groups excluding carboxylic acids is 5. The van der Waals surface area contributed by atoms with Gasteiger partial charge in [-0.1, -0.05) is 71.9 Å². The minimum atomic E-state index is -1.41. The van der Waals surface area contributed by atoms with E-state index in [1.807, 2.05) is 0 Å². The molecule has 1 aliphatic rings. The molecule has 2 aromatic rings. The summed E-state index contributed by atoms with van der Waals surface area (Å²) in [5, 5.41) is -0.554. The van der Waals surface area contributed by atoms with Gasteiger partial charge in [-0.3, -0.25) is 34.9 Å². The topological polar surface area (TPSA) is 122 Å². The van der Waals surface area contributed by atoms with Crippen LogP contribution in [0.25, 0.3) is 0 Å². The first-order chi connectivity index (χ1) is 17.3. The maximum Gasteiger partial charge on any atom is 0.329 e. The van der Waals surface area contributed by atoms with E-state index in [9.17, 15) is 24.0 Å². The van der Waals surface area contributed by atoms with Gasteiger partial charge in [-0.25, -0.2) is 4.79 Å². The van der Waals surface area contributed by atoms with E-state index < -0.39 is 42.2 Å². The van der Waals surface area contributed by atoms with Gasteiger partial charge in [0.2, 0.25) is 0 Å². The van der Waals surface area contributed by atoms with E-state index in [2.05, 4.69) is 10.9 Å². The van der Waals surface area contributed by atoms with Gasteiger partial charge in [0, 0.05) is 10.6 Å². The van der Waals surface area contributed by atoms with Crippen molar-refractivity contribution in [2.45, 2.75) is 26.3 Å². The number of hydrogen-bond acceptors (Lipinski definition) is 6. The molecule has 196 valence electrons. The Morgan fingerprint density at radius 1 is 0.838 bits per heavy atom. The summed E-state index contributed by atoms with van der Waals surface area (Å²) >= 11 is 30.2. The lowest BCUT2D eigenvalue weighted by Gasteiger charge is -2.25. The lowest BCUT2D eigenvalue weighted by atomic mass is 10.0. The van der Waals surface area contributed by atoms with Gasteiger partial charge >= 0.3 is 5.97 Å². The second kappa shape index (κ2) is 11.9. The lowest BCUT2D eigenvalue weighted by Crippen LogP contribution is -2.48. The first-order valence-corrected chi connectivity index (χ1v) is 12.5. The van der Waals surface area contributed by atoms with Gasteiger partial charge in [0.1, 0.15) is 6.04 Å². The van der Waals surface area contributed by atoms with Crippen molar-refractivity contribution < 1.29 is 28.7 Å². The zero-order valence-corrected chi connectivity index (χ0v) is 22.9. The van der Waals surface area contributed by atoms with Crippen LogP contribution in [-0.2, 0) is 14.3 Å². The van der Waals surface area contributed by atoms with Crippen LogP contribution in [0.4, 0.5) is 0 Å². The molecule has 0 aliphatic carbocycles. The quantitative estimate of drug-likeness (QED) is 0.150. The summed E-state index contributed by atoms with van der Waals surface area (Å²) in [5.41, 5.74) is 3.92. The van der Waals surface area contributed by atoms with Crippen molar-refractivity contribution in [1.82, 2.24) is 15.8 Å². The molecule has 0 spiro atoms. The zero-order chi connectivity index (χ0) is 27.6. The zero-order valence-electron chi connectivity index (χ0n) is 19.2. The molecule has 37 heavy (non-hydrogen) atoms. The summed E-state index contributed by atoms with van der Waals surface area (Å²) in [6.45, 7) is 2.70. The van der Waals surface area contributed by atoms with Crippen LogP contribution in [0.3, 0.4) is 0 Å². The molecule has 14 heteroatoms. The van der Waals surface area contributed by atoms with Crippen molar-refractivity contribution in [2.75, 3.05) is 6.61 Å². The summed E-state index contributed by atoms with van der Waals surface area (Å²) in [6, 6.07) is 4.48. The molecule has 0 bridgehead atoms. The molecule has 1 aliphatic heterocycles. The number of rotatable bonds is 7. The van der Waals surface area contributed by atoms with Crippen molar-refractivity contribution in [3.05, 3.63) is 66.1 Å². The number of imide groups is 1. The third kappa shape index (κ3) is 6.13. The molecular formula is C23H18Cl5N3O6. The van der Waals surface area contributed by atoms with Crippen LogP contribution in [-0.4, -0.2) is 47.1 Å². The average molecular weight is 610 g/mol. The van der Waals surface area contributed by atoms with E-state index in [1.54, 1.807) is 13.8 Å². The smallest absolute Gasteiger partial charge is 0.329 e. The van der Waals surface area contributed by atoms with Gasteiger partial charge in [-0.2, -0.15) is 0 Å². The number of amides is 4. The van der Waals surface area contributed by atoms with Crippen molar-refractivity contribution in [1.29, 1.82) is 0 Å². The summed E-state index contributed by atoms with van der Waals surface area (Å²) < 4.78 is 5.05. The fourth-order valence-corrected chi connectivity index (χ4v) is 4.61. The van der Waals surface area contributed by atoms with Gasteiger partial charge in [0.25, 0.3) is 23.6 Å². The second-order valence-corrected chi connectivity index (χ2v) is 10.2. The number of halogens is 5. The largest absolute Gasteiger partial charge is 0.454 e. The Balaban J connectivity index is 1.71. The minimum absolute atomic E-state index is 0.00985. The number of nitrogens with one attached hydrogen (secondary N) is 2. The molecule has 1 atom stereocenters. The Kier molecular flexibility index (Phi) is 9.31. The van der Waals surface area contributed by atoms with Gasteiger partial charge in [-0.05, 0) is 36.6 Å². The van der Waals surface area contributed by atoms with E-state index in [-0.39, 0.29) is 49.1 Å². The van der Waals surface area contributed by atoms with E-state index >= 15 is 0 Å². The molecular weight excluding hydrogens is 592 g/mol. The molecule has 3 rings (SSSR count). The van der Waals surface area contributed by atoms with Crippen LogP contribution in [0.2, 0.25) is 25.1 Å². The molecule has 4 amide bonds. The Labute approximate surface area is 236 Å². The van der Waals surface area contributed by atoms with Crippen molar-refractivity contribution in [3.8, 4) is 0 Å². The standard InChI is InChI=1S/C23H18Cl5N3O6/c1-9(2)7-12(31-21(34)14-15(22(31)35)17(26)19(28)18(27)16(14)25)23(36)37-8-13(32)29-30-20(33)10-3-5-11(24)6-4-10/h3-6,9,12H,7-8H2,1-2H3,(H,29,32)(H,30,33)/t12-/m0/s1. The number of ether oxygens (including phenoxy) is 1. The van der Waals surface area contributed by atoms with Crippen LogP contribution < -0.4 is 10.9 Å². The molecule has 0 saturated carbocycles. The summed E-state index contributed by atoms with van der Waals surface area (Å²) in [6.07, 6.45) is 0.00985. The third-order valence-corrected chi connectivity index (χ3v) is 7.23. The van der Waals surface area contributed by atoms with Crippen LogP contribution >= 0.6 is 58.0 Å². The number of benzene rings is 2. The first-order valence-electron chi connectivity index (χ1n) is 10.6. The highest BCUT2D eigenvalue weighted by atomic mass is 35.5.